The van der Waals surface area contributed by atoms with Gasteiger partial charge in [-0.25, -0.2) is 0 Å². The molecule has 0 unspecified atom stereocenters. The minimum Gasteiger partial charge on any atom is -0.416 e. The first-order valence-electron chi connectivity index (χ1n) is 33.4. The van der Waals surface area contributed by atoms with E-state index in [-0.39, 0.29) is 27.3 Å². The van der Waals surface area contributed by atoms with Gasteiger partial charge in [-0.05, 0) is 76.0 Å². The molecule has 28 nitrogen and oxygen atoms in total. The molecule has 0 aromatic rings. The third kappa shape index (κ3) is 65.7. The van der Waals surface area contributed by atoms with E-state index >= 15 is 0 Å². The molecule has 0 saturated carbocycles. The second kappa shape index (κ2) is 73.2. The summed E-state index contributed by atoms with van der Waals surface area (Å²) in [6, 6.07) is 2.80. The van der Waals surface area contributed by atoms with Gasteiger partial charge in [-0.15, -0.1) is 0 Å². The first-order chi connectivity index (χ1) is 45.1. The van der Waals surface area contributed by atoms with Crippen LogP contribution < -0.4 is 18.9 Å². The first-order valence-corrected chi connectivity index (χ1v) is 43.5. The maximum absolute atomic E-state index is 7.45. The number of rotatable bonds is 76. The predicted octanol–water partition coefficient (Wildman–Crippen LogP) is 0.385. The Balaban J connectivity index is 0. The zero-order valence-electron chi connectivity index (χ0n) is 59.2. The molecular weight excluding hydrogens is 1300 g/mol. The summed E-state index contributed by atoms with van der Waals surface area (Å²) in [6.45, 7) is 30.8. The van der Waals surface area contributed by atoms with E-state index in [1.54, 1.807) is 28.4 Å². The van der Waals surface area contributed by atoms with Crippen LogP contribution in [0.4, 0.5) is 0 Å². The molecule has 0 bridgehead atoms. The van der Waals surface area contributed by atoms with Gasteiger partial charge in [0, 0.05) is 54.9 Å². The van der Waals surface area contributed by atoms with Crippen molar-refractivity contribution in [2.75, 3.05) is 319 Å². The van der Waals surface area contributed by atoms with Gasteiger partial charge >= 0.3 is 53.1 Å². The van der Waals surface area contributed by atoms with E-state index in [9.17, 15) is 0 Å². The molecular formula is C60H132BLiO28Si4. The molecule has 0 aromatic carbocycles. The van der Waals surface area contributed by atoms with Crippen LogP contribution in [0.1, 0.15) is 25.7 Å². The zero-order valence-corrected chi connectivity index (χ0v) is 63.2. The van der Waals surface area contributed by atoms with Gasteiger partial charge in [0.15, 0.2) is 0 Å². The number of ether oxygens (including phenoxy) is 24. The molecule has 94 heavy (non-hydrogen) atoms. The Bertz CT molecular complexity index is 1290. The van der Waals surface area contributed by atoms with E-state index in [0.717, 1.165) is 25.7 Å². The fourth-order valence-corrected chi connectivity index (χ4v) is 32.0. The van der Waals surface area contributed by atoms with Gasteiger partial charge in [0.2, 0.25) is 0 Å². The summed E-state index contributed by atoms with van der Waals surface area (Å²) in [5, 5.41) is 0. The van der Waals surface area contributed by atoms with E-state index in [1.165, 1.54) is 0 Å². The second-order valence-corrected chi connectivity index (χ2v) is 35.9. The summed E-state index contributed by atoms with van der Waals surface area (Å²) in [4.78, 5) is 0. The Kier molecular flexibility index (Phi) is 75.1. The molecule has 1 fully saturated rings. The summed E-state index contributed by atoms with van der Waals surface area (Å²) in [5.74, 6) is 0. The molecule has 0 atom stereocenters. The minimum absolute atomic E-state index is 0. The average molecular weight is 1430 g/mol. The maximum atomic E-state index is 7.45. The summed E-state index contributed by atoms with van der Waals surface area (Å²) in [7, 11) is -5.27. The van der Waals surface area contributed by atoms with Gasteiger partial charge in [0.05, 0.1) is 264 Å². The Hall–Kier alpha value is 0.410. The van der Waals surface area contributed by atoms with E-state index < -0.39 is 34.2 Å². The first kappa shape index (κ1) is 96.5. The topological polar surface area (TPSA) is 258 Å². The zero-order chi connectivity index (χ0) is 66.6. The van der Waals surface area contributed by atoms with Crippen molar-refractivity contribution in [3.63, 3.8) is 0 Å². The molecule has 34 heteroatoms. The van der Waals surface area contributed by atoms with Crippen molar-refractivity contribution in [2.45, 2.75) is 76.0 Å². The normalized spacial score (nSPS) is 19.1. The van der Waals surface area contributed by atoms with Crippen LogP contribution in [0.25, 0.3) is 0 Å². The molecule has 560 valence electrons. The van der Waals surface area contributed by atoms with Crippen LogP contribution in [0.15, 0.2) is 0 Å². The van der Waals surface area contributed by atoms with Crippen molar-refractivity contribution in [1.82, 2.24) is 0 Å². The van der Waals surface area contributed by atoms with Gasteiger partial charge in [-0.2, -0.15) is 0 Å². The fraction of sp³-hybridized carbons (Fsp3) is 1.00. The van der Waals surface area contributed by atoms with E-state index in [2.05, 4.69) is 26.2 Å². The molecule has 1 heterocycles. The van der Waals surface area contributed by atoms with Gasteiger partial charge < -0.3 is 130 Å². The van der Waals surface area contributed by atoms with Gasteiger partial charge in [0.25, 0.3) is 0 Å². The van der Waals surface area contributed by atoms with Crippen LogP contribution in [0, 0.1) is 0 Å². The Morgan fingerprint density at radius 1 is 0.170 bits per heavy atom. The van der Waals surface area contributed by atoms with Gasteiger partial charge in [-0.1, -0.05) is 8.41 Å². The molecule has 0 aromatic heterocycles. The predicted molar refractivity (Wildman–Crippen MR) is 364 cm³/mol. The largest absolute Gasteiger partial charge is 1.00 e. The summed E-state index contributed by atoms with van der Waals surface area (Å²) in [6.07, 6.45) is 2.95. The summed E-state index contributed by atoms with van der Waals surface area (Å²) >= 11 is 0. The van der Waals surface area contributed by atoms with Crippen LogP contribution >= 0.6 is 0 Å². The van der Waals surface area contributed by atoms with Crippen molar-refractivity contribution in [2.24, 2.45) is 0 Å². The van der Waals surface area contributed by atoms with Crippen LogP contribution in [0.5, 0.6) is 0 Å². The molecule has 1 aliphatic rings. The third-order valence-corrected chi connectivity index (χ3v) is 31.9. The van der Waals surface area contributed by atoms with Crippen LogP contribution in [0.3, 0.4) is 0 Å². The molecule has 0 spiro atoms. The van der Waals surface area contributed by atoms with Gasteiger partial charge in [0.1, 0.15) is 0 Å². The molecule has 1 rings (SSSR count). The van der Waals surface area contributed by atoms with Crippen molar-refractivity contribution in [3.8, 4) is 0 Å². The summed E-state index contributed by atoms with van der Waals surface area (Å²) < 4.78 is 164. The molecule has 0 amide bonds. The standard InChI is InChI=1S/C60H128O28Si4.BH4.Li/c1-61-17-21-69-33-37-77-49-53-81-45-41-73-29-25-65-13-9-57-89(5)85-90(6,58-10-14-66-26-30-74-42-46-82-54-50-78-38-34-70-22-18-62-2)87-92(8,60-12-16-68-28-32-76-44-48-84-56-52-80-40-36-72-24-20-64-4)88-91(7,86-89)59-11-15-67-27-31-75-43-47-83-55-51-79-39-35-71-23-19-63-3;;/h9-60H2,1-8H3;1H4;/q;-1;+1. The second-order valence-electron chi connectivity index (χ2n) is 21.6. The van der Waals surface area contributed by atoms with Crippen LogP contribution in [-0.2, 0) is 130 Å². The smallest absolute Gasteiger partial charge is 0.416 e. The maximum Gasteiger partial charge on any atom is 1.00 e. The molecule has 0 radical (unpaired) electrons. The number of hydrogen-bond donors (Lipinski definition) is 0. The van der Waals surface area contributed by atoms with E-state index in [1.807, 2.05) is 0 Å². The van der Waals surface area contributed by atoms with E-state index in [4.69, 9.17) is 130 Å². The SMILES string of the molecule is COCCOCCOCCOCCOCCOCCC[Si]1(C)O[Si](C)(CCCOCCOCCOCCOCCOCCOC)O[Si](C)(CCCOCCOCCOCCOCCOCCOC)O[Si](C)(CCCOCCOCCOCCOCCOCCOC)O1.[BH4-].[Li+]. The van der Waals surface area contributed by atoms with Crippen molar-refractivity contribution < 1.29 is 149 Å². The molecule has 0 N–H and O–H groups in total. The summed E-state index contributed by atoms with van der Waals surface area (Å²) in [5.41, 5.74) is 0. The molecule has 0 aliphatic carbocycles. The third-order valence-electron chi connectivity index (χ3n) is 13.1. The Morgan fingerprint density at radius 2 is 0.266 bits per heavy atom. The fourth-order valence-electron chi connectivity index (χ4n) is 8.80. The van der Waals surface area contributed by atoms with Crippen LogP contribution in [-0.4, -0.2) is 362 Å². The van der Waals surface area contributed by atoms with E-state index in [0.29, 0.717) is 315 Å². The monoisotopic (exact) mass is 1430 g/mol. The van der Waals surface area contributed by atoms with Crippen molar-refractivity contribution in [1.29, 1.82) is 0 Å². The Labute approximate surface area is 584 Å². The Morgan fingerprint density at radius 3 is 0.372 bits per heavy atom. The minimum atomic E-state index is -2.97. The quantitative estimate of drug-likeness (QED) is 0.0589. The number of methoxy groups -OCH3 is 4. The molecule has 1 aliphatic heterocycles. The van der Waals surface area contributed by atoms with Crippen molar-refractivity contribution in [3.05, 3.63) is 0 Å². The molecule has 1 saturated heterocycles. The van der Waals surface area contributed by atoms with Crippen molar-refractivity contribution >= 4 is 42.7 Å². The number of hydrogen-bond acceptors (Lipinski definition) is 28. The average Bonchev–Trinajstić information content (AvgIpc) is 0.772. The van der Waals surface area contributed by atoms with Gasteiger partial charge in [-0.3, -0.25) is 0 Å². The van der Waals surface area contributed by atoms with Crippen LogP contribution in [0.2, 0.25) is 50.4 Å².